The van der Waals surface area contributed by atoms with E-state index in [2.05, 4.69) is 12.1 Å². The molecule has 0 heterocycles. The third-order valence-electron chi connectivity index (χ3n) is 3.03. The zero-order chi connectivity index (χ0) is 13.6. The van der Waals surface area contributed by atoms with Gasteiger partial charge in [-0.2, -0.15) is 0 Å². The predicted molar refractivity (Wildman–Crippen MR) is 77.9 cm³/mol. The van der Waals surface area contributed by atoms with Crippen LogP contribution in [0.15, 0.2) is 30.3 Å². The fraction of sp³-hybridized carbons (Fsp3) is 0.533. The van der Waals surface area contributed by atoms with Crippen LogP contribution in [0.25, 0.3) is 0 Å². The fourth-order valence-corrected chi connectivity index (χ4v) is 3.01. The van der Waals surface area contributed by atoms with Gasteiger partial charge in [-0.05, 0) is 38.2 Å². The average molecular weight is 266 g/mol. The van der Waals surface area contributed by atoms with Crippen LogP contribution >= 0.6 is 7.14 Å². The Balaban J connectivity index is 2.31. The number of benzene rings is 1. The van der Waals surface area contributed by atoms with Gasteiger partial charge in [0.05, 0.1) is 13.3 Å². The second-order valence-electron chi connectivity index (χ2n) is 5.48. The summed E-state index contributed by atoms with van der Waals surface area (Å²) in [5.74, 6) is 0.179. The van der Waals surface area contributed by atoms with E-state index in [1.54, 1.807) is 13.3 Å². The molecule has 18 heavy (non-hydrogen) atoms. The molecule has 0 radical (unpaired) electrons. The van der Waals surface area contributed by atoms with Crippen LogP contribution in [-0.2, 0) is 15.8 Å². The van der Waals surface area contributed by atoms with E-state index in [4.69, 9.17) is 0 Å². The Morgan fingerprint density at radius 1 is 1.22 bits per heavy atom. The topological polar surface area (TPSA) is 34.1 Å². The Bertz CT molecular complexity index is 419. The minimum atomic E-state index is -2.22. The smallest absolute Gasteiger partial charge is 0.142 e. The zero-order valence-corrected chi connectivity index (χ0v) is 12.5. The van der Waals surface area contributed by atoms with Gasteiger partial charge in [-0.15, -0.1) is 0 Å². The summed E-state index contributed by atoms with van der Waals surface area (Å²) in [5.41, 5.74) is 1.31. The summed E-state index contributed by atoms with van der Waals surface area (Å²) in [7, 11) is -2.22. The van der Waals surface area contributed by atoms with Crippen molar-refractivity contribution in [1.82, 2.24) is 0 Å². The normalized spacial score (nSPS) is 13.3. The highest BCUT2D eigenvalue weighted by molar-refractivity contribution is 7.63. The predicted octanol–water partition coefficient (Wildman–Crippen LogP) is 3.84. The van der Waals surface area contributed by atoms with Gasteiger partial charge < -0.3 is 4.57 Å². The second-order valence-corrected chi connectivity index (χ2v) is 8.94. The summed E-state index contributed by atoms with van der Waals surface area (Å²) < 4.78 is 11.6. The lowest BCUT2D eigenvalue weighted by atomic mass is 9.98. The number of carbonyl (C=O) groups is 1. The van der Waals surface area contributed by atoms with Gasteiger partial charge in [0.15, 0.2) is 0 Å². The van der Waals surface area contributed by atoms with Crippen LogP contribution < -0.4 is 0 Å². The molecule has 1 rings (SSSR count). The van der Waals surface area contributed by atoms with Gasteiger partial charge in [0.2, 0.25) is 0 Å². The van der Waals surface area contributed by atoms with E-state index in [1.165, 1.54) is 5.56 Å². The highest BCUT2D eigenvalue weighted by Gasteiger charge is 2.19. The van der Waals surface area contributed by atoms with Crippen LogP contribution in [0.5, 0.6) is 0 Å². The van der Waals surface area contributed by atoms with E-state index < -0.39 is 7.14 Å². The molecule has 0 amide bonds. The van der Waals surface area contributed by atoms with Crippen molar-refractivity contribution < 1.29 is 9.36 Å². The average Bonchev–Trinajstić information content (AvgIpc) is 2.28. The van der Waals surface area contributed by atoms with Gasteiger partial charge >= 0.3 is 0 Å². The molecule has 0 saturated heterocycles. The maximum atomic E-state index is 11.8. The molecule has 0 aliphatic carbocycles. The number of aryl methyl sites for hydroxylation is 1. The first-order valence-corrected chi connectivity index (χ1v) is 9.28. The van der Waals surface area contributed by atoms with Crippen molar-refractivity contribution in [3.05, 3.63) is 35.9 Å². The van der Waals surface area contributed by atoms with Gasteiger partial charge in [0.1, 0.15) is 5.78 Å². The Kier molecular flexibility index (Phi) is 5.81. The molecule has 1 aromatic carbocycles. The molecule has 0 aliphatic rings. The third-order valence-corrected chi connectivity index (χ3v) is 4.10. The summed E-state index contributed by atoms with van der Waals surface area (Å²) >= 11 is 0. The van der Waals surface area contributed by atoms with Crippen LogP contribution in [0.1, 0.15) is 25.3 Å². The molecular weight excluding hydrogens is 243 g/mol. The van der Waals surface area contributed by atoms with Crippen molar-refractivity contribution >= 4 is 12.9 Å². The van der Waals surface area contributed by atoms with Crippen molar-refractivity contribution in [2.45, 2.75) is 26.2 Å². The van der Waals surface area contributed by atoms with Crippen LogP contribution in [0.2, 0.25) is 0 Å². The van der Waals surface area contributed by atoms with Gasteiger partial charge in [0.25, 0.3) is 0 Å². The first-order valence-electron chi connectivity index (χ1n) is 6.49. The monoisotopic (exact) mass is 266 g/mol. The summed E-state index contributed by atoms with van der Waals surface area (Å²) in [6.07, 6.45) is 3.15. The molecule has 2 nitrogen and oxygen atoms in total. The molecular formula is C15H23O2P. The van der Waals surface area contributed by atoms with Gasteiger partial charge in [-0.25, -0.2) is 0 Å². The maximum Gasteiger partial charge on any atom is 0.142 e. The number of Topliss-reactive ketones (excluding diaryl/α,β-unsaturated/α-hetero) is 1. The first-order chi connectivity index (χ1) is 8.38. The highest BCUT2D eigenvalue weighted by Crippen LogP contribution is 2.36. The summed E-state index contributed by atoms with van der Waals surface area (Å²) in [5, 5.41) is 0. The highest BCUT2D eigenvalue weighted by atomic mass is 31.2. The largest absolute Gasteiger partial charge is 0.324 e. The maximum absolute atomic E-state index is 11.8. The molecule has 0 fully saturated rings. The number of rotatable bonds is 7. The number of hydrogen-bond donors (Lipinski definition) is 0. The lowest BCUT2D eigenvalue weighted by Gasteiger charge is -2.12. The fourth-order valence-electron chi connectivity index (χ4n) is 1.95. The van der Waals surface area contributed by atoms with E-state index >= 15 is 0 Å². The van der Waals surface area contributed by atoms with Crippen molar-refractivity contribution in [2.75, 3.05) is 19.5 Å². The van der Waals surface area contributed by atoms with Crippen LogP contribution in [0.3, 0.4) is 0 Å². The minimum absolute atomic E-state index is 0.0296. The van der Waals surface area contributed by atoms with Crippen LogP contribution in [0.4, 0.5) is 0 Å². The van der Waals surface area contributed by atoms with Crippen LogP contribution in [0, 0.1) is 5.92 Å². The van der Waals surface area contributed by atoms with E-state index in [0.717, 1.165) is 19.3 Å². The zero-order valence-electron chi connectivity index (χ0n) is 11.6. The Morgan fingerprint density at radius 2 is 1.83 bits per heavy atom. The summed E-state index contributed by atoms with van der Waals surface area (Å²) in [6.45, 7) is 5.31. The lowest BCUT2D eigenvalue weighted by molar-refractivity contribution is -0.120. The van der Waals surface area contributed by atoms with E-state index in [-0.39, 0.29) is 17.9 Å². The first kappa shape index (κ1) is 15.2. The molecule has 0 bridgehead atoms. The van der Waals surface area contributed by atoms with Crippen molar-refractivity contribution in [2.24, 2.45) is 5.92 Å². The SMILES string of the molecule is C[C@@H](CCCc1ccccc1)C(=O)CP(C)(C)=O. The molecule has 1 atom stereocenters. The lowest BCUT2D eigenvalue weighted by Crippen LogP contribution is -2.15. The Hall–Kier alpha value is -0.880. The standard InChI is InChI=1S/C15H23O2P/c1-13(15(16)12-18(2,3)17)8-7-11-14-9-5-4-6-10-14/h4-6,9-10,13H,7-8,11-12H2,1-3H3/t13-/m0/s1. The van der Waals surface area contributed by atoms with E-state index in [1.807, 2.05) is 25.1 Å². The van der Waals surface area contributed by atoms with Crippen molar-refractivity contribution in [1.29, 1.82) is 0 Å². The van der Waals surface area contributed by atoms with Crippen LogP contribution in [-0.4, -0.2) is 25.3 Å². The Morgan fingerprint density at radius 3 is 2.39 bits per heavy atom. The summed E-state index contributed by atoms with van der Waals surface area (Å²) in [4.78, 5) is 11.8. The van der Waals surface area contributed by atoms with Gasteiger partial charge in [0, 0.05) is 5.92 Å². The molecule has 0 aromatic heterocycles. The van der Waals surface area contributed by atoms with Crippen molar-refractivity contribution in [3.63, 3.8) is 0 Å². The molecule has 1 aromatic rings. The third kappa shape index (κ3) is 6.16. The second kappa shape index (κ2) is 6.89. The number of ketones is 1. The number of hydrogen-bond acceptors (Lipinski definition) is 2. The number of carbonyl (C=O) groups excluding carboxylic acids is 1. The summed E-state index contributed by atoms with van der Waals surface area (Å²) in [6, 6.07) is 10.3. The molecule has 0 aliphatic heterocycles. The molecule has 0 N–H and O–H groups in total. The molecule has 3 heteroatoms. The minimum Gasteiger partial charge on any atom is -0.324 e. The Labute approximate surface area is 110 Å². The van der Waals surface area contributed by atoms with E-state index in [0.29, 0.717) is 0 Å². The quantitative estimate of drug-likeness (QED) is 0.703. The molecule has 0 saturated carbocycles. The van der Waals surface area contributed by atoms with E-state index in [9.17, 15) is 9.36 Å². The van der Waals surface area contributed by atoms with Gasteiger partial charge in [-0.1, -0.05) is 37.3 Å². The van der Waals surface area contributed by atoms with Gasteiger partial charge in [-0.3, -0.25) is 4.79 Å². The molecule has 100 valence electrons. The van der Waals surface area contributed by atoms with Crippen molar-refractivity contribution in [3.8, 4) is 0 Å². The molecule has 0 unspecified atom stereocenters. The molecule has 0 spiro atoms.